The zero-order valence-corrected chi connectivity index (χ0v) is 15.1. The van der Waals surface area contributed by atoms with Crippen LogP contribution >= 0.6 is 11.6 Å². The van der Waals surface area contributed by atoms with Crippen molar-refractivity contribution in [3.05, 3.63) is 34.4 Å². The number of ether oxygens (including phenoxy) is 1. The molecule has 1 aromatic carbocycles. The van der Waals surface area contributed by atoms with Gasteiger partial charge in [0, 0.05) is 25.2 Å². The number of morpholine rings is 1. The molecule has 0 spiro atoms. The zero-order chi connectivity index (χ0) is 18.1. The predicted octanol–water partition coefficient (Wildman–Crippen LogP) is 3.24. The van der Waals surface area contributed by atoms with Crippen LogP contribution in [0.25, 0.3) is 0 Å². The van der Waals surface area contributed by atoms with E-state index in [4.69, 9.17) is 16.3 Å². The van der Waals surface area contributed by atoms with Gasteiger partial charge in [-0.1, -0.05) is 11.6 Å². The van der Waals surface area contributed by atoms with Crippen LogP contribution < -0.4 is 5.32 Å². The molecule has 0 aromatic heterocycles. The molecule has 2 unspecified atom stereocenters. The average Bonchev–Trinajstić information content (AvgIpc) is 2.47. The van der Waals surface area contributed by atoms with Crippen molar-refractivity contribution in [2.45, 2.75) is 45.4 Å². The first-order chi connectivity index (χ1) is 11.1. The van der Waals surface area contributed by atoms with Crippen LogP contribution in [0.1, 0.15) is 38.1 Å². The summed E-state index contributed by atoms with van der Waals surface area (Å²) in [5.74, 6) is -2.70. The number of carbonyl (C=O) groups excluding carboxylic acids is 1. The van der Waals surface area contributed by atoms with E-state index >= 15 is 0 Å². The fraction of sp³-hybridized carbons (Fsp3) is 0.588. The Morgan fingerprint density at radius 3 is 2.42 bits per heavy atom. The number of hydrogen-bond acceptors (Lipinski definition) is 3. The van der Waals surface area contributed by atoms with Crippen LogP contribution in [0.3, 0.4) is 0 Å². The highest BCUT2D eigenvalue weighted by molar-refractivity contribution is 6.33. The molecule has 1 saturated heterocycles. The van der Waals surface area contributed by atoms with Gasteiger partial charge < -0.3 is 10.1 Å². The summed E-state index contributed by atoms with van der Waals surface area (Å²) >= 11 is 5.84. The Bertz CT molecular complexity index is 615. The molecule has 1 fully saturated rings. The number of carbonyl (C=O) groups is 1. The Morgan fingerprint density at radius 1 is 1.29 bits per heavy atom. The van der Waals surface area contributed by atoms with Gasteiger partial charge in [-0.15, -0.1) is 0 Å². The van der Waals surface area contributed by atoms with E-state index in [0.29, 0.717) is 6.54 Å². The number of nitrogens with one attached hydrogen (secondary N) is 1. The summed E-state index contributed by atoms with van der Waals surface area (Å²) in [7, 11) is 0. The minimum Gasteiger partial charge on any atom is -0.373 e. The third-order valence-electron chi connectivity index (χ3n) is 4.21. The highest BCUT2D eigenvalue weighted by atomic mass is 35.5. The maximum Gasteiger partial charge on any atom is 0.252 e. The van der Waals surface area contributed by atoms with Gasteiger partial charge in [-0.3, -0.25) is 9.69 Å². The molecular formula is C17H23ClF2N2O2. The first-order valence-electron chi connectivity index (χ1n) is 7.93. The fourth-order valence-electron chi connectivity index (χ4n) is 2.87. The van der Waals surface area contributed by atoms with Crippen molar-refractivity contribution in [1.29, 1.82) is 0 Å². The van der Waals surface area contributed by atoms with Crippen molar-refractivity contribution in [2.75, 3.05) is 19.6 Å². The lowest BCUT2D eigenvalue weighted by Crippen LogP contribution is -2.58. The first kappa shape index (κ1) is 19.1. The summed E-state index contributed by atoms with van der Waals surface area (Å²) in [6.45, 7) is 9.94. The van der Waals surface area contributed by atoms with E-state index in [0.717, 1.165) is 25.2 Å². The lowest BCUT2D eigenvalue weighted by atomic mass is 10.00. The number of hydrogen-bond donors (Lipinski definition) is 1. The van der Waals surface area contributed by atoms with E-state index in [1.54, 1.807) is 0 Å². The largest absolute Gasteiger partial charge is 0.373 e. The predicted molar refractivity (Wildman–Crippen MR) is 89.4 cm³/mol. The summed E-state index contributed by atoms with van der Waals surface area (Å²) in [6, 6.07) is 1.63. The van der Waals surface area contributed by atoms with Crippen LogP contribution in [-0.4, -0.2) is 48.2 Å². The molecule has 1 aliphatic heterocycles. The summed E-state index contributed by atoms with van der Waals surface area (Å²) in [5, 5.41) is 2.65. The number of amides is 1. The van der Waals surface area contributed by atoms with Gasteiger partial charge in [0.05, 0.1) is 22.8 Å². The van der Waals surface area contributed by atoms with Crippen molar-refractivity contribution in [2.24, 2.45) is 0 Å². The van der Waals surface area contributed by atoms with Gasteiger partial charge in [-0.2, -0.15) is 0 Å². The summed E-state index contributed by atoms with van der Waals surface area (Å²) in [4.78, 5) is 14.5. The van der Waals surface area contributed by atoms with Crippen LogP contribution in [0.15, 0.2) is 12.1 Å². The quantitative estimate of drug-likeness (QED) is 0.838. The van der Waals surface area contributed by atoms with Gasteiger partial charge in [0.1, 0.15) is 0 Å². The van der Waals surface area contributed by atoms with Crippen molar-refractivity contribution in [3.63, 3.8) is 0 Å². The number of benzene rings is 1. The minimum absolute atomic E-state index is 0.0740. The second-order valence-electron chi connectivity index (χ2n) is 6.90. The highest BCUT2D eigenvalue weighted by Gasteiger charge is 2.33. The molecule has 24 heavy (non-hydrogen) atoms. The summed E-state index contributed by atoms with van der Waals surface area (Å²) < 4.78 is 32.2. The Balaban J connectivity index is 2.03. The third-order valence-corrected chi connectivity index (χ3v) is 4.52. The van der Waals surface area contributed by atoms with Crippen molar-refractivity contribution < 1.29 is 18.3 Å². The van der Waals surface area contributed by atoms with E-state index < -0.39 is 17.5 Å². The van der Waals surface area contributed by atoms with Gasteiger partial charge in [-0.05, 0) is 39.8 Å². The van der Waals surface area contributed by atoms with Crippen LogP contribution in [0.2, 0.25) is 5.02 Å². The standard InChI is InChI=1S/C17H23ClF2N2O2/c1-10-7-22(8-11(2)24-10)17(3,4)9-21-16(23)12-5-14(19)15(20)6-13(12)18/h5-6,10-11H,7-9H2,1-4H3,(H,21,23). The maximum absolute atomic E-state index is 13.3. The maximum atomic E-state index is 13.3. The lowest BCUT2D eigenvalue weighted by Gasteiger charge is -2.45. The van der Waals surface area contributed by atoms with Crippen molar-refractivity contribution in [1.82, 2.24) is 10.2 Å². The zero-order valence-electron chi connectivity index (χ0n) is 14.3. The number of halogens is 3. The molecule has 1 N–H and O–H groups in total. The molecule has 0 aliphatic carbocycles. The van der Waals surface area contributed by atoms with Crippen molar-refractivity contribution in [3.8, 4) is 0 Å². The van der Waals surface area contributed by atoms with Crippen molar-refractivity contribution >= 4 is 17.5 Å². The van der Waals surface area contributed by atoms with E-state index in [2.05, 4.69) is 10.2 Å². The normalized spacial score (nSPS) is 22.5. The average molecular weight is 361 g/mol. The van der Waals surface area contributed by atoms with E-state index in [1.165, 1.54) is 0 Å². The summed E-state index contributed by atoms with van der Waals surface area (Å²) in [6.07, 6.45) is 0.230. The molecule has 0 saturated carbocycles. The molecule has 2 atom stereocenters. The van der Waals surface area contributed by atoms with E-state index in [1.807, 2.05) is 27.7 Å². The SMILES string of the molecule is CC1CN(C(C)(C)CNC(=O)c2cc(F)c(F)cc2Cl)CC(C)O1. The van der Waals surface area contributed by atoms with Crippen LogP contribution in [0.5, 0.6) is 0 Å². The Hall–Kier alpha value is -1.24. The molecule has 1 amide bonds. The second kappa shape index (κ2) is 7.33. The molecule has 7 heteroatoms. The van der Waals surface area contributed by atoms with Gasteiger partial charge >= 0.3 is 0 Å². The lowest BCUT2D eigenvalue weighted by molar-refractivity contribution is -0.0948. The second-order valence-corrected chi connectivity index (χ2v) is 7.31. The molecule has 0 bridgehead atoms. The fourth-order valence-corrected chi connectivity index (χ4v) is 3.11. The number of rotatable bonds is 4. The number of nitrogens with zero attached hydrogens (tertiary/aromatic N) is 1. The van der Waals surface area contributed by atoms with Gasteiger partial charge in [-0.25, -0.2) is 8.78 Å². The van der Waals surface area contributed by atoms with Gasteiger partial charge in [0.2, 0.25) is 0 Å². The molecule has 0 radical (unpaired) electrons. The Labute approximate surface area is 146 Å². The first-order valence-corrected chi connectivity index (χ1v) is 8.31. The third kappa shape index (κ3) is 4.43. The van der Waals surface area contributed by atoms with Crippen LogP contribution in [-0.2, 0) is 4.74 Å². The topological polar surface area (TPSA) is 41.6 Å². The molecule has 2 rings (SSSR count). The van der Waals surface area contributed by atoms with E-state index in [9.17, 15) is 13.6 Å². The molecule has 1 aliphatic rings. The van der Waals surface area contributed by atoms with Gasteiger partial charge in [0.25, 0.3) is 5.91 Å². The molecule has 4 nitrogen and oxygen atoms in total. The molecule has 134 valence electrons. The molecule has 1 aromatic rings. The van der Waals surface area contributed by atoms with E-state index in [-0.39, 0.29) is 28.3 Å². The minimum atomic E-state index is -1.10. The molecular weight excluding hydrogens is 338 g/mol. The highest BCUT2D eigenvalue weighted by Crippen LogP contribution is 2.22. The van der Waals surface area contributed by atoms with Crippen LogP contribution in [0, 0.1) is 11.6 Å². The van der Waals surface area contributed by atoms with Gasteiger partial charge in [0.15, 0.2) is 11.6 Å². The monoisotopic (exact) mass is 360 g/mol. The smallest absolute Gasteiger partial charge is 0.252 e. The Kier molecular flexibility index (Phi) is 5.83. The van der Waals surface area contributed by atoms with Crippen LogP contribution in [0.4, 0.5) is 8.78 Å². The summed E-state index contributed by atoms with van der Waals surface area (Å²) in [5.41, 5.74) is -0.386. The Morgan fingerprint density at radius 2 is 1.83 bits per heavy atom. The molecule has 1 heterocycles.